The lowest BCUT2D eigenvalue weighted by atomic mass is 10.1. The van der Waals surface area contributed by atoms with Crippen molar-refractivity contribution in [1.82, 2.24) is 10.1 Å². The van der Waals surface area contributed by atoms with Crippen LogP contribution in [-0.2, 0) is 0 Å². The van der Waals surface area contributed by atoms with Gasteiger partial charge >= 0.3 is 0 Å². The SMILES string of the molecule is CC(C)c1cc(N)c2c(C3CC3)noc2n1. The fraction of sp³-hybridized carbons (Fsp3) is 0.500. The summed E-state index contributed by atoms with van der Waals surface area (Å²) in [5.41, 5.74) is 9.36. The summed E-state index contributed by atoms with van der Waals surface area (Å²) in [7, 11) is 0. The predicted molar refractivity (Wildman–Crippen MR) is 62.3 cm³/mol. The second-order valence-corrected chi connectivity index (χ2v) is 4.81. The first-order valence-electron chi connectivity index (χ1n) is 5.72. The number of nitrogens with two attached hydrogens (primary N) is 1. The molecular formula is C12H15N3O. The lowest BCUT2D eigenvalue weighted by molar-refractivity contribution is 0.438. The molecule has 2 aromatic rings. The molecule has 0 atom stereocenters. The fourth-order valence-electron chi connectivity index (χ4n) is 1.95. The minimum Gasteiger partial charge on any atom is -0.398 e. The summed E-state index contributed by atoms with van der Waals surface area (Å²) in [6.45, 7) is 4.18. The highest BCUT2D eigenvalue weighted by Crippen LogP contribution is 2.43. The Balaban J connectivity index is 2.22. The van der Waals surface area contributed by atoms with Crippen LogP contribution >= 0.6 is 0 Å². The molecule has 3 rings (SSSR count). The third kappa shape index (κ3) is 1.37. The van der Waals surface area contributed by atoms with Gasteiger partial charge in [0.05, 0.1) is 11.1 Å². The normalized spacial score (nSPS) is 16.2. The van der Waals surface area contributed by atoms with Crippen molar-refractivity contribution in [1.29, 1.82) is 0 Å². The molecule has 0 bridgehead atoms. The second kappa shape index (κ2) is 3.20. The Morgan fingerprint density at radius 1 is 1.44 bits per heavy atom. The molecule has 84 valence electrons. The van der Waals surface area contributed by atoms with Crippen molar-refractivity contribution in [3.8, 4) is 0 Å². The van der Waals surface area contributed by atoms with Crippen LogP contribution in [0.3, 0.4) is 0 Å². The highest BCUT2D eigenvalue weighted by Gasteiger charge is 2.30. The number of pyridine rings is 1. The Hall–Kier alpha value is -1.58. The van der Waals surface area contributed by atoms with E-state index in [0.29, 0.717) is 17.5 Å². The fourth-order valence-corrected chi connectivity index (χ4v) is 1.95. The van der Waals surface area contributed by atoms with Gasteiger partial charge in [0, 0.05) is 17.3 Å². The van der Waals surface area contributed by atoms with E-state index < -0.39 is 0 Å². The van der Waals surface area contributed by atoms with Crippen molar-refractivity contribution in [2.24, 2.45) is 0 Å². The van der Waals surface area contributed by atoms with Gasteiger partial charge in [0.25, 0.3) is 5.71 Å². The van der Waals surface area contributed by atoms with Gasteiger partial charge in [-0.2, -0.15) is 0 Å². The monoisotopic (exact) mass is 217 g/mol. The third-order valence-corrected chi connectivity index (χ3v) is 3.08. The summed E-state index contributed by atoms with van der Waals surface area (Å²) in [6.07, 6.45) is 2.38. The van der Waals surface area contributed by atoms with E-state index in [0.717, 1.165) is 22.5 Å². The van der Waals surface area contributed by atoms with Crippen molar-refractivity contribution in [2.45, 2.75) is 38.5 Å². The molecule has 0 spiro atoms. The summed E-state index contributed by atoms with van der Waals surface area (Å²) in [4.78, 5) is 4.46. The number of aromatic nitrogens is 2. The van der Waals surface area contributed by atoms with Gasteiger partial charge in [-0.1, -0.05) is 19.0 Å². The summed E-state index contributed by atoms with van der Waals surface area (Å²) >= 11 is 0. The Labute approximate surface area is 93.8 Å². The van der Waals surface area contributed by atoms with Crippen molar-refractivity contribution < 1.29 is 4.52 Å². The zero-order valence-electron chi connectivity index (χ0n) is 9.53. The highest BCUT2D eigenvalue weighted by molar-refractivity contribution is 5.89. The number of rotatable bonds is 2. The molecule has 1 saturated carbocycles. The molecule has 0 aliphatic heterocycles. The lowest BCUT2D eigenvalue weighted by Gasteiger charge is -2.05. The summed E-state index contributed by atoms with van der Waals surface area (Å²) in [5.74, 6) is 0.886. The standard InChI is InChI=1S/C12H15N3O/c1-6(2)9-5-8(13)10-11(7-3-4-7)15-16-12(10)14-9/h5-7H,3-4H2,1-2H3,(H2,13,14). The quantitative estimate of drug-likeness (QED) is 0.840. The van der Waals surface area contributed by atoms with E-state index in [2.05, 4.69) is 24.0 Å². The van der Waals surface area contributed by atoms with Gasteiger partial charge in [0.15, 0.2) is 0 Å². The maximum atomic E-state index is 6.07. The minimum absolute atomic E-state index is 0.348. The second-order valence-electron chi connectivity index (χ2n) is 4.81. The third-order valence-electron chi connectivity index (χ3n) is 3.08. The summed E-state index contributed by atoms with van der Waals surface area (Å²) < 4.78 is 5.28. The van der Waals surface area contributed by atoms with E-state index in [4.69, 9.17) is 10.3 Å². The van der Waals surface area contributed by atoms with Crippen molar-refractivity contribution in [2.75, 3.05) is 5.73 Å². The molecule has 4 nitrogen and oxygen atoms in total. The van der Waals surface area contributed by atoms with Gasteiger partial charge in [0.2, 0.25) is 0 Å². The van der Waals surface area contributed by atoms with E-state index in [9.17, 15) is 0 Å². The molecular weight excluding hydrogens is 202 g/mol. The first kappa shape index (κ1) is 9.63. The zero-order valence-corrected chi connectivity index (χ0v) is 9.53. The molecule has 2 aromatic heterocycles. The Kier molecular flexibility index (Phi) is 1.93. The van der Waals surface area contributed by atoms with Crippen LogP contribution in [0.15, 0.2) is 10.6 Å². The van der Waals surface area contributed by atoms with Crippen LogP contribution < -0.4 is 5.73 Å². The smallest absolute Gasteiger partial charge is 0.260 e. The molecule has 1 aliphatic carbocycles. The number of hydrogen-bond donors (Lipinski definition) is 1. The molecule has 0 amide bonds. The van der Waals surface area contributed by atoms with Gasteiger partial charge in [-0.15, -0.1) is 0 Å². The van der Waals surface area contributed by atoms with Crippen molar-refractivity contribution >= 4 is 16.8 Å². The van der Waals surface area contributed by atoms with Crippen LogP contribution in [0.2, 0.25) is 0 Å². The van der Waals surface area contributed by atoms with Gasteiger partial charge in [-0.25, -0.2) is 4.98 Å². The van der Waals surface area contributed by atoms with Crippen LogP contribution in [0.25, 0.3) is 11.1 Å². The molecule has 0 aromatic carbocycles. The molecule has 0 unspecified atom stereocenters. The van der Waals surface area contributed by atoms with E-state index in [1.807, 2.05) is 6.07 Å². The van der Waals surface area contributed by atoms with E-state index in [1.165, 1.54) is 12.8 Å². The minimum atomic E-state index is 0.348. The first-order valence-corrected chi connectivity index (χ1v) is 5.72. The number of fused-ring (bicyclic) bond motifs is 1. The van der Waals surface area contributed by atoms with E-state index >= 15 is 0 Å². The largest absolute Gasteiger partial charge is 0.398 e. The number of nitrogens with zero attached hydrogens (tertiary/aromatic N) is 2. The van der Waals surface area contributed by atoms with Gasteiger partial charge in [-0.3, -0.25) is 0 Å². The Morgan fingerprint density at radius 3 is 2.81 bits per heavy atom. The molecule has 2 heterocycles. The van der Waals surface area contributed by atoms with Gasteiger partial charge in [-0.05, 0) is 24.8 Å². The Morgan fingerprint density at radius 2 is 2.19 bits per heavy atom. The average Bonchev–Trinajstić information content (AvgIpc) is 2.98. The topological polar surface area (TPSA) is 64.9 Å². The molecule has 4 heteroatoms. The Bertz CT molecular complexity index is 540. The summed E-state index contributed by atoms with van der Waals surface area (Å²) in [6, 6.07) is 1.94. The van der Waals surface area contributed by atoms with Crippen LogP contribution in [0.1, 0.15) is 49.9 Å². The lowest BCUT2D eigenvalue weighted by Crippen LogP contribution is -1.97. The zero-order chi connectivity index (χ0) is 11.3. The predicted octanol–water partition coefficient (Wildman–Crippen LogP) is 2.81. The summed E-state index contributed by atoms with van der Waals surface area (Å²) in [5, 5.41) is 5.02. The molecule has 0 saturated heterocycles. The average molecular weight is 217 g/mol. The maximum Gasteiger partial charge on any atom is 0.260 e. The number of hydrogen-bond acceptors (Lipinski definition) is 4. The van der Waals surface area contributed by atoms with Crippen molar-refractivity contribution in [3.05, 3.63) is 17.5 Å². The number of anilines is 1. The molecule has 16 heavy (non-hydrogen) atoms. The molecule has 1 fully saturated rings. The van der Waals surface area contributed by atoms with Gasteiger partial charge in [0.1, 0.15) is 0 Å². The van der Waals surface area contributed by atoms with Crippen LogP contribution in [0.4, 0.5) is 5.69 Å². The van der Waals surface area contributed by atoms with Crippen LogP contribution in [-0.4, -0.2) is 10.1 Å². The van der Waals surface area contributed by atoms with Gasteiger partial charge < -0.3 is 10.3 Å². The molecule has 0 radical (unpaired) electrons. The molecule has 2 N–H and O–H groups in total. The van der Waals surface area contributed by atoms with Crippen LogP contribution in [0.5, 0.6) is 0 Å². The first-order chi connectivity index (χ1) is 7.66. The maximum absolute atomic E-state index is 6.07. The molecule has 1 aliphatic rings. The highest BCUT2D eigenvalue weighted by atomic mass is 16.5. The number of nitrogen functional groups attached to an aromatic ring is 1. The van der Waals surface area contributed by atoms with Crippen LogP contribution in [0, 0.1) is 0 Å². The van der Waals surface area contributed by atoms with E-state index in [1.54, 1.807) is 0 Å². The van der Waals surface area contributed by atoms with Crippen molar-refractivity contribution in [3.63, 3.8) is 0 Å². The van der Waals surface area contributed by atoms with E-state index in [-0.39, 0.29) is 0 Å².